The monoisotopic (exact) mass is 426 g/mol. The van der Waals surface area contributed by atoms with E-state index in [-0.39, 0.29) is 17.0 Å². The molecule has 2 aromatic heterocycles. The standard InChI is InChI=1S/C20H22N6O3S/c1-4-11-25-18-10-9-14(30(28,29)24(2)3)12-17(18)21-19(25)13-26-20(27)15-7-5-6-8-16(15)22-23-26/h5-10,12H,4,11,13H2,1-3H3. The minimum absolute atomic E-state index is 0.140. The Hall–Kier alpha value is -3.11. The second-order valence-electron chi connectivity index (χ2n) is 7.19. The molecule has 0 fully saturated rings. The second kappa shape index (κ2) is 7.62. The van der Waals surface area contributed by atoms with Crippen molar-refractivity contribution in [2.24, 2.45) is 0 Å². The second-order valence-corrected chi connectivity index (χ2v) is 9.34. The Balaban J connectivity index is 1.83. The molecule has 0 radical (unpaired) electrons. The van der Waals surface area contributed by atoms with E-state index in [0.717, 1.165) is 11.9 Å². The highest BCUT2D eigenvalue weighted by Crippen LogP contribution is 2.23. The zero-order chi connectivity index (χ0) is 21.5. The molecule has 0 aliphatic rings. The molecule has 2 aromatic carbocycles. The maximum absolute atomic E-state index is 12.8. The molecule has 2 heterocycles. The lowest BCUT2D eigenvalue weighted by atomic mass is 10.2. The van der Waals surface area contributed by atoms with Gasteiger partial charge in [0, 0.05) is 20.6 Å². The summed E-state index contributed by atoms with van der Waals surface area (Å²) in [6.07, 6.45) is 0.856. The first-order valence-electron chi connectivity index (χ1n) is 9.57. The lowest BCUT2D eigenvalue weighted by Gasteiger charge is -2.11. The van der Waals surface area contributed by atoms with Crippen LogP contribution in [0.15, 0.2) is 52.2 Å². The molecule has 0 saturated heterocycles. The van der Waals surface area contributed by atoms with Gasteiger partial charge in [-0.2, -0.15) is 0 Å². The van der Waals surface area contributed by atoms with E-state index in [1.807, 2.05) is 11.5 Å². The topological polar surface area (TPSA) is 103 Å². The number of benzene rings is 2. The molecule has 0 aliphatic carbocycles. The van der Waals surface area contributed by atoms with E-state index in [1.165, 1.54) is 23.1 Å². The van der Waals surface area contributed by atoms with Crippen molar-refractivity contribution in [3.63, 3.8) is 0 Å². The predicted octanol–water partition coefficient (Wildman–Crippen LogP) is 1.85. The third kappa shape index (κ3) is 3.37. The van der Waals surface area contributed by atoms with Crippen LogP contribution in [-0.4, -0.2) is 51.4 Å². The van der Waals surface area contributed by atoms with Gasteiger partial charge in [0.15, 0.2) is 0 Å². The van der Waals surface area contributed by atoms with Crippen LogP contribution >= 0.6 is 0 Å². The van der Waals surface area contributed by atoms with Crippen molar-refractivity contribution in [3.05, 3.63) is 58.6 Å². The summed E-state index contributed by atoms with van der Waals surface area (Å²) < 4.78 is 29.4. The fraction of sp³-hybridized carbons (Fsp3) is 0.300. The van der Waals surface area contributed by atoms with Gasteiger partial charge in [0.1, 0.15) is 17.9 Å². The van der Waals surface area contributed by atoms with Crippen LogP contribution in [0, 0.1) is 0 Å². The summed E-state index contributed by atoms with van der Waals surface area (Å²) in [6.45, 7) is 2.87. The third-order valence-electron chi connectivity index (χ3n) is 4.95. The number of aromatic nitrogens is 5. The molecule has 0 bridgehead atoms. The number of sulfonamides is 1. The first-order valence-corrected chi connectivity index (χ1v) is 11.0. The number of hydrogen-bond donors (Lipinski definition) is 0. The van der Waals surface area contributed by atoms with Gasteiger partial charge in [0.25, 0.3) is 5.56 Å². The molecule has 4 rings (SSSR count). The summed E-state index contributed by atoms with van der Waals surface area (Å²) >= 11 is 0. The van der Waals surface area contributed by atoms with Crippen LogP contribution in [0.5, 0.6) is 0 Å². The van der Waals surface area contributed by atoms with Crippen LogP contribution in [0.4, 0.5) is 0 Å². The van der Waals surface area contributed by atoms with Gasteiger partial charge in [-0.1, -0.05) is 24.3 Å². The van der Waals surface area contributed by atoms with Gasteiger partial charge in [0.2, 0.25) is 10.0 Å². The average molecular weight is 427 g/mol. The van der Waals surface area contributed by atoms with E-state index in [0.29, 0.717) is 28.8 Å². The molecule has 4 aromatic rings. The number of imidazole rings is 1. The Labute approximate surface area is 173 Å². The van der Waals surface area contributed by atoms with Crippen molar-refractivity contribution in [1.29, 1.82) is 0 Å². The summed E-state index contributed by atoms with van der Waals surface area (Å²) in [5.74, 6) is 0.623. The number of rotatable bonds is 6. The fourth-order valence-corrected chi connectivity index (χ4v) is 4.31. The first-order chi connectivity index (χ1) is 14.3. The summed E-state index contributed by atoms with van der Waals surface area (Å²) in [5, 5.41) is 8.67. The highest BCUT2D eigenvalue weighted by molar-refractivity contribution is 7.89. The van der Waals surface area contributed by atoms with Crippen molar-refractivity contribution in [2.75, 3.05) is 14.1 Å². The highest BCUT2D eigenvalue weighted by atomic mass is 32.2. The summed E-state index contributed by atoms with van der Waals surface area (Å²) in [5.41, 5.74) is 1.67. The molecular weight excluding hydrogens is 404 g/mol. The average Bonchev–Trinajstić information content (AvgIpc) is 3.07. The normalized spacial score (nSPS) is 12.3. The van der Waals surface area contributed by atoms with Crippen molar-refractivity contribution in [2.45, 2.75) is 31.3 Å². The van der Waals surface area contributed by atoms with Crippen molar-refractivity contribution in [1.82, 2.24) is 28.9 Å². The van der Waals surface area contributed by atoms with Gasteiger partial charge in [-0.25, -0.2) is 22.4 Å². The quantitative estimate of drug-likeness (QED) is 0.466. The van der Waals surface area contributed by atoms with Gasteiger partial charge >= 0.3 is 0 Å². The first kappa shape index (κ1) is 20.2. The zero-order valence-electron chi connectivity index (χ0n) is 17.0. The summed E-state index contributed by atoms with van der Waals surface area (Å²) in [4.78, 5) is 17.6. The van der Waals surface area contributed by atoms with Crippen LogP contribution in [0.25, 0.3) is 21.9 Å². The number of nitrogens with zero attached hydrogens (tertiary/aromatic N) is 6. The van der Waals surface area contributed by atoms with Crippen LogP contribution in [-0.2, 0) is 23.1 Å². The number of aryl methyl sites for hydroxylation is 1. The minimum atomic E-state index is -3.57. The zero-order valence-corrected chi connectivity index (χ0v) is 17.8. The number of fused-ring (bicyclic) bond motifs is 2. The molecule has 30 heavy (non-hydrogen) atoms. The maximum atomic E-state index is 12.8. The van der Waals surface area contributed by atoms with Gasteiger partial charge in [0.05, 0.1) is 21.3 Å². The molecule has 0 atom stereocenters. The van der Waals surface area contributed by atoms with E-state index in [9.17, 15) is 13.2 Å². The molecule has 10 heteroatoms. The molecule has 0 amide bonds. The molecule has 0 N–H and O–H groups in total. The lowest BCUT2D eigenvalue weighted by Crippen LogP contribution is -2.26. The summed E-state index contributed by atoms with van der Waals surface area (Å²) in [7, 11) is -0.585. The Morgan fingerprint density at radius 3 is 2.57 bits per heavy atom. The predicted molar refractivity (Wildman–Crippen MR) is 114 cm³/mol. The largest absolute Gasteiger partial charge is 0.326 e. The van der Waals surface area contributed by atoms with E-state index in [1.54, 1.807) is 42.5 Å². The van der Waals surface area contributed by atoms with Gasteiger partial charge in [-0.15, -0.1) is 5.10 Å². The maximum Gasteiger partial charge on any atom is 0.278 e. The molecule has 0 unspecified atom stereocenters. The molecule has 9 nitrogen and oxygen atoms in total. The molecule has 156 valence electrons. The van der Waals surface area contributed by atoms with E-state index in [2.05, 4.69) is 15.3 Å². The van der Waals surface area contributed by atoms with Crippen LogP contribution in [0.3, 0.4) is 0 Å². The van der Waals surface area contributed by atoms with Crippen LogP contribution in [0.2, 0.25) is 0 Å². The van der Waals surface area contributed by atoms with E-state index in [4.69, 9.17) is 0 Å². The summed E-state index contributed by atoms with van der Waals surface area (Å²) in [6, 6.07) is 12.0. The van der Waals surface area contributed by atoms with E-state index < -0.39 is 10.0 Å². The van der Waals surface area contributed by atoms with Crippen molar-refractivity contribution in [3.8, 4) is 0 Å². The van der Waals surface area contributed by atoms with Crippen molar-refractivity contribution >= 4 is 32.0 Å². The van der Waals surface area contributed by atoms with Crippen LogP contribution in [0.1, 0.15) is 19.2 Å². The molecule has 0 saturated carbocycles. The van der Waals surface area contributed by atoms with Gasteiger partial charge in [-0.3, -0.25) is 4.79 Å². The van der Waals surface area contributed by atoms with Crippen molar-refractivity contribution < 1.29 is 8.42 Å². The lowest BCUT2D eigenvalue weighted by molar-refractivity contribution is 0.521. The molecule has 0 aliphatic heterocycles. The fourth-order valence-electron chi connectivity index (χ4n) is 3.39. The van der Waals surface area contributed by atoms with Gasteiger partial charge < -0.3 is 4.57 Å². The SMILES string of the molecule is CCCn1c(Cn2nnc3ccccc3c2=O)nc2cc(S(=O)(=O)N(C)C)ccc21. The van der Waals surface area contributed by atoms with Gasteiger partial charge in [-0.05, 0) is 36.8 Å². The minimum Gasteiger partial charge on any atom is -0.326 e. The number of hydrogen-bond acceptors (Lipinski definition) is 6. The third-order valence-corrected chi connectivity index (χ3v) is 6.76. The van der Waals surface area contributed by atoms with E-state index >= 15 is 0 Å². The smallest absolute Gasteiger partial charge is 0.278 e. The Morgan fingerprint density at radius 1 is 1.07 bits per heavy atom. The Bertz CT molecular complexity index is 1410. The highest BCUT2D eigenvalue weighted by Gasteiger charge is 2.20. The molecular formula is C20H22N6O3S. The molecule has 0 spiro atoms. The Morgan fingerprint density at radius 2 is 1.83 bits per heavy atom. The Kier molecular flexibility index (Phi) is 5.12. The van der Waals surface area contributed by atoms with Crippen LogP contribution < -0.4 is 5.56 Å².